The first-order valence-corrected chi connectivity index (χ1v) is 43.2. The van der Waals surface area contributed by atoms with Gasteiger partial charge in [-0.3, -0.25) is 37.3 Å². The van der Waals surface area contributed by atoms with Gasteiger partial charge in [-0.15, -0.1) is 0 Å². The molecule has 3 N–H and O–H groups in total. The van der Waals surface area contributed by atoms with E-state index in [2.05, 4.69) is 55.4 Å². The molecule has 0 fully saturated rings. The Balaban J connectivity index is 5.22. The first kappa shape index (κ1) is 95.1. The van der Waals surface area contributed by atoms with Gasteiger partial charge in [-0.1, -0.05) is 344 Å². The number of hydrogen-bond acceptors (Lipinski definition) is 15. The largest absolute Gasteiger partial charge is 0.472 e. The number of unbranched alkanes of at least 4 members (excludes halogenated alkanes) is 40. The van der Waals surface area contributed by atoms with Crippen molar-refractivity contribution in [1.82, 2.24) is 0 Å². The summed E-state index contributed by atoms with van der Waals surface area (Å²) in [5.74, 6) is 0.956. The van der Waals surface area contributed by atoms with Gasteiger partial charge in [-0.25, -0.2) is 9.13 Å². The van der Waals surface area contributed by atoms with Crippen LogP contribution in [0.5, 0.6) is 0 Å². The lowest BCUT2D eigenvalue weighted by atomic mass is 9.99. The quantitative estimate of drug-likeness (QED) is 0.0222. The topological polar surface area (TPSA) is 237 Å². The van der Waals surface area contributed by atoms with Crippen LogP contribution in [0.3, 0.4) is 0 Å². The Labute approximate surface area is 594 Å². The second kappa shape index (κ2) is 67.2. The van der Waals surface area contributed by atoms with E-state index in [1.807, 2.05) is 0 Å². The van der Waals surface area contributed by atoms with Crippen molar-refractivity contribution in [2.24, 2.45) is 23.7 Å². The Hall–Kier alpha value is -1.94. The molecule has 0 aliphatic heterocycles. The molecule has 97 heavy (non-hydrogen) atoms. The van der Waals surface area contributed by atoms with Crippen molar-refractivity contribution in [1.29, 1.82) is 0 Å². The summed E-state index contributed by atoms with van der Waals surface area (Å²) in [6, 6.07) is 0. The monoisotopic (exact) mass is 1420 g/mol. The maximum atomic E-state index is 13.1. The van der Waals surface area contributed by atoms with E-state index in [4.69, 9.17) is 37.0 Å². The summed E-state index contributed by atoms with van der Waals surface area (Å²) >= 11 is 0. The maximum Gasteiger partial charge on any atom is 0.472 e. The Morgan fingerprint density at radius 3 is 0.732 bits per heavy atom. The molecule has 0 aromatic rings. The van der Waals surface area contributed by atoms with Crippen LogP contribution in [0.4, 0.5) is 0 Å². The molecule has 0 aromatic heterocycles. The van der Waals surface area contributed by atoms with Crippen molar-refractivity contribution in [3.05, 3.63) is 0 Å². The van der Waals surface area contributed by atoms with E-state index in [9.17, 15) is 43.2 Å². The molecule has 0 spiro atoms. The summed E-state index contributed by atoms with van der Waals surface area (Å²) in [6.45, 7) is 14.2. The number of esters is 4. The van der Waals surface area contributed by atoms with Crippen LogP contribution in [0.15, 0.2) is 0 Å². The summed E-state index contributed by atoms with van der Waals surface area (Å²) in [6.07, 6.45) is 52.8. The zero-order chi connectivity index (χ0) is 71.7. The lowest BCUT2D eigenvalue weighted by Crippen LogP contribution is -2.30. The van der Waals surface area contributed by atoms with Gasteiger partial charge in [0, 0.05) is 25.7 Å². The summed E-state index contributed by atoms with van der Waals surface area (Å²) < 4.78 is 68.6. The number of phosphoric acid groups is 2. The average molecular weight is 1420 g/mol. The molecule has 0 saturated carbocycles. The number of ether oxygens (including phenoxy) is 4. The van der Waals surface area contributed by atoms with E-state index in [-0.39, 0.29) is 25.7 Å². The third-order valence-corrected chi connectivity index (χ3v) is 20.3. The summed E-state index contributed by atoms with van der Waals surface area (Å²) in [5, 5.41) is 10.6. The van der Waals surface area contributed by atoms with Gasteiger partial charge in [0.25, 0.3) is 0 Å². The van der Waals surface area contributed by atoms with Crippen LogP contribution < -0.4 is 0 Å². The van der Waals surface area contributed by atoms with Crippen molar-refractivity contribution < 1.29 is 80.2 Å². The van der Waals surface area contributed by atoms with E-state index in [1.54, 1.807) is 0 Å². The summed E-state index contributed by atoms with van der Waals surface area (Å²) in [7, 11) is -9.92. The zero-order valence-electron chi connectivity index (χ0n) is 63.7. The van der Waals surface area contributed by atoms with Crippen LogP contribution >= 0.6 is 15.6 Å². The number of carbonyl (C=O) groups is 4. The molecule has 6 atom stereocenters. The molecule has 0 amide bonds. The third kappa shape index (κ3) is 70.9. The second-order valence-electron chi connectivity index (χ2n) is 29.8. The van der Waals surface area contributed by atoms with Crippen LogP contribution in [0, 0.1) is 23.7 Å². The summed E-state index contributed by atoms with van der Waals surface area (Å²) in [5.41, 5.74) is 0. The van der Waals surface area contributed by atoms with Crippen molar-refractivity contribution in [3.8, 4) is 0 Å². The van der Waals surface area contributed by atoms with E-state index >= 15 is 0 Å². The van der Waals surface area contributed by atoms with Gasteiger partial charge in [-0.2, -0.15) is 0 Å². The molecule has 0 aromatic carbocycles. The molecule has 3 unspecified atom stereocenters. The standard InChI is InChI=1S/C78H152O17P2/c1-9-71(8)57-49-41-32-26-22-23-29-35-45-53-61-78(83)94-73(64-88-75(80)58-50-42-33-27-20-16-12-10-11-14-18-24-30-38-46-54-68(2)3)66-92-96(84,85)90-62-72(79)63-91-97(86,87)93-67-74(65-89-76(81)59-51-43-37-36-40-48-56-70(6)7)95-77(82)60-52-44-34-28-21-17-13-15-19-25-31-39-47-55-69(4)5/h68-74,79H,9-67H2,1-8H3,(H,84,85)(H,86,87)/t71?,72-,73-,74-/m1/s1. The minimum atomic E-state index is -4.96. The van der Waals surface area contributed by atoms with Crippen LogP contribution in [-0.4, -0.2) is 96.7 Å². The van der Waals surface area contributed by atoms with Crippen LogP contribution in [0.2, 0.25) is 0 Å². The molecule has 0 saturated heterocycles. The average Bonchev–Trinajstić information content (AvgIpc) is 3.77. The number of aliphatic hydroxyl groups excluding tert-OH is 1. The highest BCUT2D eigenvalue weighted by atomic mass is 31.2. The van der Waals surface area contributed by atoms with Crippen molar-refractivity contribution in [3.63, 3.8) is 0 Å². The molecule has 0 radical (unpaired) electrons. The minimum absolute atomic E-state index is 0.106. The predicted octanol–water partition coefficient (Wildman–Crippen LogP) is 22.8. The van der Waals surface area contributed by atoms with Crippen molar-refractivity contribution >= 4 is 39.5 Å². The van der Waals surface area contributed by atoms with Crippen molar-refractivity contribution in [2.45, 2.75) is 414 Å². The van der Waals surface area contributed by atoms with E-state index in [1.165, 1.54) is 193 Å². The SMILES string of the molecule is CCC(C)CCCCCCCCCCCCC(=O)O[C@H](COC(=O)CCCCCCCCCCCCCCCCCC(C)C)COP(=O)(O)OC[C@@H](O)COP(=O)(O)OC[C@@H](COC(=O)CCCCCCCCC(C)C)OC(=O)CCCCCCCCCCCCCCCC(C)C. The molecule has 17 nitrogen and oxygen atoms in total. The van der Waals surface area contributed by atoms with Crippen LogP contribution in [0.1, 0.15) is 396 Å². The first-order chi connectivity index (χ1) is 46.6. The zero-order valence-corrected chi connectivity index (χ0v) is 65.5. The molecule has 0 bridgehead atoms. The number of rotatable bonds is 75. The number of carbonyl (C=O) groups excluding carboxylic acids is 4. The normalized spacial score (nSPS) is 14.4. The Morgan fingerprint density at radius 1 is 0.289 bits per heavy atom. The molecule has 0 aliphatic rings. The molecule has 0 heterocycles. The highest BCUT2D eigenvalue weighted by Gasteiger charge is 2.30. The fourth-order valence-corrected chi connectivity index (χ4v) is 13.5. The lowest BCUT2D eigenvalue weighted by molar-refractivity contribution is -0.161. The predicted molar refractivity (Wildman–Crippen MR) is 395 cm³/mol. The Morgan fingerprint density at radius 2 is 0.495 bits per heavy atom. The molecule has 576 valence electrons. The van der Waals surface area contributed by atoms with Gasteiger partial charge in [0.05, 0.1) is 26.4 Å². The van der Waals surface area contributed by atoms with Gasteiger partial charge in [-0.05, 0) is 49.4 Å². The molecular weight excluding hydrogens is 1270 g/mol. The van der Waals surface area contributed by atoms with Crippen LogP contribution in [0.25, 0.3) is 0 Å². The third-order valence-electron chi connectivity index (χ3n) is 18.4. The van der Waals surface area contributed by atoms with Gasteiger partial charge in [0.1, 0.15) is 19.3 Å². The fourth-order valence-electron chi connectivity index (χ4n) is 11.9. The van der Waals surface area contributed by atoms with E-state index in [0.29, 0.717) is 31.6 Å². The second-order valence-corrected chi connectivity index (χ2v) is 32.7. The highest BCUT2D eigenvalue weighted by Crippen LogP contribution is 2.45. The molecule has 0 rings (SSSR count). The maximum absolute atomic E-state index is 13.1. The van der Waals surface area contributed by atoms with Gasteiger partial charge in [0.15, 0.2) is 12.2 Å². The molecular formula is C78H152O17P2. The van der Waals surface area contributed by atoms with E-state index in [0.717, 1.165) is 114 Å². The first-order valence-electron chi connectivity index (χ1n) is 40.2. The van der Waals surface area contributed by atoms with Crippen LogP contribution in [-0.2, 0) is 65.4 Å². The van der Waals surface area contributed by atoms with Gasteiger partial charge in [0.2, 0.25) is 0 Å². The molecule has 0 aliphatic carbocycles. The Kier molecular flexibility index (Phi) is 65.9. The Bertz CT molecular complexity index is 1900. The molecule has 19 heteroatoms. The smallest absolute Gasteiger partial charge is 0.462 e. The fraction of sp³-hybridized carbons (Fsp3) is 0.949. The highest BCUT2D eigenvalue weighted by molar-refractivity contribution is 7.47. The number of aliphatic hydroxyl groups is 1. The van der Waals surface area contributed by atoms with Crippen molar-refractivity contribution in [2.75, 3.05) is 39.6 Å². The minimum Gasteiger partial charge on any atom is -0.462 e. The number of hydrogen-bond donors (Lipinski definition) is 3. The van der Waals surface area contributed by atoms with E-state index < -0.39 is 97.5 Å². The number of phosphoric ester groups is 2. The van der Waals surface area contributed by atoms with Gasteiger partial charge >= 0.3 is 39.5 Å². The summed E-state index contributed by atoms with van der Waals surface area (Å²) in [4.78, 5) is 72.9. The lowest BCUT2D eigenvalue weighted by Gasteiger charge is -2.21. The van der Waals surface area contributed by atoms with Gasteiger partial charge < -0.3 is 33.8 Å².